The van der Waals surface area contributed by atoms with Crippen molar-refractivity contribution in [3.63, 3.8) is 0 Å². The molecular weight excluding hydrogens is 356 g/mol. The Morgan fingerprint density at radius 1 is 1.04 bits per heavy atom. The second-order valence-electron chi connectivity index (χ2n) is 7.20. The van der Waals surface area contributed by atoms with Gasteiger partial charge in [-0.2, -0.15) is 0 Å². The van der Waals surface area contributed by atoms with Gasteiger partial charge < -0.3 is 10.1 Å². The van der Waals surface area contributed by atoms with Crippen LogP contribution in [-0.4, -0.2) is 48.4 Å². The van der Waals surface area contributed by atoms with E-state index < -0.39 is 0 Å². The van der Waals surface area contributed by atoms with E-state index in [1.165, 1.54) is 4.90 Å². The van der Waals surface area contributed by atoms with E-state index in [-0.39, 0.29) is 36.8 Å². The maximum absolute atomic E-state index is 12.8. The van der Waals surface area contributed by atoms with E-state index in [2.05, 4.69) is 5.32 Å². The smallest absolute Gasteiger partial charge is 0.261 e. The Hall–Kier alpha value is -2.73. The van der Waals surface area contributed by atoms with Gasteiger partial charge in [-0.3, -0.25) is 19.3 Å². The first kappa shape index (κ1) is 20.0. The van der Waals surface area contributed by atoms with Crippen molar-refractivity contribution in [3.05, 3.63) is 47.5 Å². The van der Waals surface area contributed by atoms with Crippen molar-refractivity contribution in [2.24, 2.45) is 0 Å². The van der Waals surface area contributed by atoms with Gasteiger partial charge in [-0.1, -0.05) is 24.3 Å². The largest absolute Gasteiger partial charge is 0.379 e. The summed E-state index contributed by atoms with van der Waals surface area (Å²) in [6.45, 7) is 5.34. The van der Waals surface area contributed by atoms with E-state index >= 15 is 0 Å². The maximum atomic E-state index is 12.8. The fourth-order valence-corrected chi connectivity index (χ4v) is 3.39. The van der Waals surface area contributed by atoms with Crippen molar-refractivity contribution in [2.75, 3.05) is 19.7 Å². The molecule has 0 saturated carbocycles. The predicted molar refractivity (Wildman–Crippen MR) is 107 cm³/mol. The minimum atomic E-state index is -0.291. The lowest BCUT2D eigenvalue weighted by atomic mass is 9.94. The van der Waals surface area contributed by atoms with Gasteiger partial charge in [-0.25, -0.2) is 0 Å². The SMILES string of the molecule is CC(C)OCCCNC(=O)CCCN1C(=O)c2cccc3cccc(c23)C1=O. The van der Waals surface area contributed by atoms with Gasteiger partial charge in [-0.05, 0) is 44.2 Å². The van der Waals surface area contributed by atoms with Crippen molar-refractivity contribution >= 4 is 28.5 Å². The molecule has 0 aliphatic carbocycles. The summed E-state index contributed by atoms with van der Waals surface area (Å²) >= 11 is 0. The fraction of sp³-hybridized carbons (Fsp3) is 0.409. The number of carbonyl (C=O) groups excluding carboxylic acids is 3. The van der Waals surface area contributed by atoms with E-state index in [0.29, 0.717) is 30.7 Å². The highest BCUT2D eigenvalue weighted by Crippen LogP contribution is 2.29. The first-order valence-electron chi connectivity index (χ1n) is 9.75. The van der Waals surface area contributed by atoms with Crippen LogP contribution in [0.25, 0.3) is 10.8 Å². The molecule has 2 aromatic rings. The summed E-state index contributed by atoms with van der Waals surface area (Å²) in [5, 5.41) is 4.45. The number of hydrogen-bond acceptors (Lipinski definition) is 4. The summed E-state index contributed by atoms with van der Waals surface area (Å²) < 4.78 is 5.43. The molecule has 0 bridgehead atoms. The average Bonchev–Trinajstić information content (AvgIpc) is 2.68. The Labute approximate surface area is 164 Å². The Bertz CT molecular complexity index is 840. The van der Waals surface area contributed by atoms with Gasteiger partial charge in [0.2, 0.25) is 5.91 Å². The highest BCUT2D eigenvalue weighted by Gasteiger charge is 2.32. The Balaban J connectivity index is 1.53. The Morgan fingerprint density at radius 3 is 2.29 bits per heavy atom. The van der Waals surface area contributed by atoms with Gasteiger partial charge in [0.25, 0.3) is 11.8 Å². The third-order valence-corrected chi connectivity index (χ3v) is 4.74. The lowest BCUT2D eigenvalue weighted by molar-refractivity contribution is -0.121. The second kappa shape index (κ2) is 8.97. The molecular formula is C22H26N2O4. The van der Waals surface area contributed by atoms with Crippen molar-refractivity contribution in [1.82, 2.24) is 10.2 Å². The van der Waals surface area contributed by atoms with Crippen molar-refractivity contribution in [1.29, 1.82) is 0 Å². The summed E-state index contributed by atoms with van der Waals surface area (Å²) in [7, 11) is 0. The standard InChI is InChI=1S/C22H26N2O4/c1-15(2)28-14-6-12-23-19(25)11-5-13-24-21(26)17-9-3-7-16-8-4-10-18(20(16)17)22(24)27/h3-4,7-10,15H,5-6,11-14H2,1-2H3,(H,23,25). The molecule has 0 atom stereocenters. The lowest BCUT2D eigenvalue weighted by Crippen LogP contribution is -2.41. The number of benzene rings is 2. The number of carbonyl (C=O) groups is 3. The number of ether oxygens (including phenoxy) is 1. The van der Waals surface area contributed by atoms with Gasteiger partial charge in [0, 0.05) is 42.6 Å². The predicted octanol–water partition coefficient (Wildman–Crippen LogP) is 3.15. The minimum absolute atomic E-state index is 0.0797. The Morgan fingerprint density at radius 2 is 1.68 bits per heavy atom. The van der Waals surface area contributed by atoms with Crippen molar-refractivity contribution in [3.8, 4) is 0 Å². The first-order valence-corrected chi connectivity index (χ1v) is 9.75. The molecule has 1 heterocycles. The summed E-state index contributed by atoms with van der Waals surface area (Å²) in [6, 6.07) is 10.9. The van der Waals surface area contributed by atoms with Gasteiger partial charge >= 0.3 is 0 Å². The molecule has 1 aliphatic heterocycles. The van der Waals surface area contributed by atoms with Gasteiger partial charge in [0.15, 0.2) is 0 Å². The molecule has 28 heavy (non-hydrogen) atoms. The molecule has 0 fully saturated rings. The summed E-state index contributed by atoms with van der Waals surface area (Å²) in [6.07, 6.45) is 1.65. The monoisotopic (exact) mass is 382 g/mol. The van der Waals surface area contributed by atoms with E-state index in [1.54, 1.807) is 12.1 Å². The number of hydrogen-bond donors (Lipinski definition) is 1. The van der Waals surface area contributed by atoms with Crippen LogP contribution in [0.2, 0.25) is 0 Å². The van der Waals surface area contributed by atoms with Crippen molar-refractivity contribution in [2.45, 2.75) is 39.2 Å². The summed E-state index contributed by atoms with van der Waals surface area (Å²) in [4.78, 5) is 38.8. The summed E-state index contributed by atoms with van der Waals surface area (Å²) in [5.74, 6) is -0.662. The lowest BCUT2D eigenvalue weighted by Gasteiger charge is -2.27. The first-order chi connectivity index (χ1) is 13.5. The van der Waals surface area contributed by atoms with Crippen LogP contribution in [-0.2, 0) is 9.53 Å². The third kappa shape index (κ3) is 4.39. The topological polar surface area (TPSA) is 75.7 Å². The number of nitrogens with one attached hydrogen (secondary N) is 1. The second-order valence-corrected chi connectivity index (χ2v) is 7.20. The van der Waals surface area contributed by atoms with Crippen molar-refractivity contribution < 1.29 is 19.1 Å². The third-order valence-electron chi connectivity index (χ3n) is 4.74. The fourth-order valence-electron chi connectivity index (χ4n) is 3.39. The molecule has 1 N–H and O–H groups in total. The van der Waals surface area contributed by atoms with E-state index in [0.717, 1.165) is 17.2 Å². The molecule has 148 valence electrons. The van der Waals surface area contributed by atoms with Gasteiger partial charge in [0.05, 0.1) is 6.10 Å². The quantitative estimate of drug-likeness (QED) is 0.534. The maximum Gasteiger partial charge on any atom is 0.261 e. The molecule has 0 unspecified atom stereocenters. The molecule has 0 saturated heterocycles. The summed E-state index contributed by atoms with van der Waals surface area (Å²) in [5.41, 5.74) is 1.09. The zero-order valence-electron chi connectivity index (χ0n) is 16.4. The number of nitrogens with zero attached hydrogens (tertiary/aromatic N) is 1. The van der Waals surface area contributed by atoms with Crippen LogP contribution in [0.15, 0.2) is 36.4 Å². The van der Waals surface area contributed by atoms with Gasteiger partial charge in [0.1, 0.15) is 0 Å². The van der Waals surface area contributed by atoms with Gasteiger partial charge in [-0.15, -0.1) is 0 Å². The van der Waals surface area contributed by atoms with Crippen LogP contribution in [0.4, 0.5) is 0 Å². The molecule has 6 nitrogen and oxygen atoms in total. The molecule has 3 rings (SSSR count). The normalized spacial score (nSPS) is 13.5. The zero-order valence-corrected chi connectivity index (χ0v) is 16.4. The van der Waals surface area contributed by atoms with E-state index in [4.69, 9.17) is 4.74 Å². The Kier molecular flexibility index (Phi) is 6.41. The van der Waals surface area contributed by atoms with Crippen LogP contribution in [0.5, 0.6) is 0 Å². The molecule has 1 aliphatic rings. The average molecular weight is 382 g/mol. The molecule has 0 aromatic heterocycles. The van der Waals surface area contributed by atoms with E-state index in [1.807, 2.05) is 38.1 Å². The molecule has 3 amide bonds. The van der Waals surface area contributed by atoms with E-state index in [9.17, 15) is 14.4 Å². The number of amides is 3. The minimum Gasteiger partial charge on any atom is -0.379 e. The number of rotatable bonds is 9. The number of imide groups is 1. The van der Waals surface area contributed by atoms with Crippen LogP contribution in [0, 0.1) is 0 Å². The van der Waals surface area contributed by atoms with Crippen LogP contribution in [0.1, 0.15) is 53.8 Å². The van der Waals surface area contributed by atoms with Crippen LogP contribution in [0.3, 0.4) is 0 Å². The molecule has 0 radical (unpaired) electrons. The van der Waals surface area contributed by atoms with Crippen LogP contribution >= 0.6 is 0 Å². The highest BCUT2D eigenvalue weighted by molar-refractivity contribution is 6.25. The zero-order chi connectivity index (χ0) is 20.1. The molecule has 0 spiro atoms. The molecule has 6 heteroatoms. The van der Waals surface area contributed by atoms with Crippen LogP contribution < -0.4 is 5.32 Å². The highest BCUT2D eigenvalue weighted by atomic mass is 16.5. The molecule has 2 aromatic carbocycles.